The molecule has 0 saturated carbocycles. The van der Waals surface area contributed by atoms with Crippen molar-refractivity contribution >= 4 is 55.7 Å². The molecule has 0 aliphatic carbocycles. The van der Waals surface area contributed by atoms with Gasteiger partial charge in [-0.2, -0.15) is 9.78 Å². The van der Waals surface area contributed by atoms with Gasteiger partial charge in [0.15, 0.2) is 5.65 Å². The van der Waals surface area contributed by atoms with Crippen LogP contribution in [0.5, 0.6) is 0 Å². The number of para-hydroxylation sites is 2. The molecule has 0 radical (unpaired) electrons. The molecule has 0 spiro atoms. The molecule has 0 aliphatic rings. The molecular weight excluding hydrogens is 458 g/mol. The minimum Gasteiger partial charge on any atom is -0.382 e. The molecule has 0 bridgehead atoms. The molecule has 0 saturated heterocycles. The van der Waals surface area contributed by atoms with E-state index in [0.29, 0.717) is 16.1 Å². The summed E-state index contributed by atoms with van der Waals surface area (Å²) in [4.78, 5) is 9.22. The molecule has 9 heteroatoms. The fraction of sp³-hybridized carbons (Fsp3) is 0.0417. The summed E-state index contributed by atoms with van der Waals surface area (Å²) in [6.07, 6.45) is 1.54. The van der Waals surface area contributed by atoms with Crippen molar-refractivity contribution in [2.75, 3.05) is 5.73 Å². The zero-order valence-corrected chi connectivity index (χ0v) is 19.0. The molecule has 164 valence electrons. The van der Waals surface area contributed by atoms with E-state index in [1.165, 1.54) is 4.68 Å². The maximum atomic E-state index is 13.6. The van der Waals surface area contributed by atoms with Gasteiger partial charge in [-0.1, -0.05) is 53.6 Å². The zero-order chi connectivity index (χ0) is 23.2. The summed E-state index contributed by atoms with van der Waals surface area (Å²) in [6.45, 7) is 1.89. The second kappa shape index (κ2) is 7.99. The van der Waals surface area contributed by atoms with E-state index in [0.717, 1.165) is 11.1 Å². The van der Waals surface area contributed by atoms with Gasteiger partial charge < -0.3 is 5.73 Å². The summed E-state index contributed by atoms with van der Waals surface area (Å²) >= 11 is 6.07. The normalized spacial score (nSPS) is 12.2. The number of nitrogens with two attached hydrogens (primary N) is 1. The minimum atomic E-state index is -3.99. The molecule has 0 amide bonds. The molecule has 0 aliphatic heterocycles. The molecule has 7 nitrogen and oxygen atoms in total. The number of aromatic nitrogens is 3. The number of rotatable bonds is 4. The largest absolute Gasteiger partial charge is 0.382 e. The van der Waals surface area contributed by atoms with Crippen LogP contribution in [0.4, 0.5) is 5.82 Å². The Kier molecular flexibility index (Phi) is 5.11. The summed E-state index contributed by atoms with van der Waals surface area (Å²) in [5.41, 5.74) is 9.62. The van der Waals surface area contributed by atoms with Crippen LogP contribution in [0.1, 0.15) is 11.1 Å². The second-order valence-corrected chi connectivity index (χ2v) is 9.85. The lowest BCUT2D eigenvalue weighted by Crippen LogP contribution is -2.06. The summed E-state index contributed by atoms with van der Waals surface area (Å²) in [6, 6.07) is 20.9. The highest BCUT2D eigenvalue weighted by molar-refractivity contribution is 7.92. The number of hydrogen-bond donors (Lipinski definition) is 1. The Morgan fingerprint density at radius 1 is 0.970 bits per heavy atom. The lowest BCUT2D eigenvalue weighted by molar-refractivity contribution is 0.597. The molecule has 3 aromatic carbocycles. The van der Waals surface area contributed by atoms with Crippen LogP contribution >= 0.6 is 11.6 Å². The van der Waals surface area contributed by atoms with Crippen molar-refractivity contribution in [3.8, 4) is 0 Å². The fourth-order valence-electron chi connectivity index (χ4n) is 3.55. The molecule has 0 fully saturated rings. The van der Waals surface area contributed by atoms with Gasteiger partial charge in [-0.15, -0.1) is 0 Å². The maximum absolute atomic E-state index is 13.6. The van der Waals surface area contributed by atoms with Crippen LogP contribution in [0.15, 0.2) is 87.7 Å². The van der Waals surface area contributed by atoms with E-state index in [-0.39, 0.29) is 26.8 Å². The molecular formula is C24H18ClN5O2S. The highest BCUT2D eigenvalue weighted by atomic mass is 35.5. The molecule has 2 N–H and O–H groups in total. The molecule has 33 heavy (non-hydrogen) atoms. The lowest BCUT2D eigenvalue weighted by atomic mass is 10.2. The van der Waals surface area contributed by atoms with Crippen LogP contribution in [0.3, 0.4) is 0 Å². The molecule has 2 heterocycles. The van der Waals surface area contributed by atoms with Crippen molar-refractivity contribution in [3.63, 3.8) is 0 Å². The van der Waals surface area contributed by atoms with E-state index >= 15 is 0 Å². The van der Waals surface area contributed by atoms with Crippen LogP contribution in [-0.4, -0.2) is 29.3 Å². The van der Waals surface area contributed by atoms with Crippen LogP contribution in [0.2, 0.25) is 5.02 Å². The average molecular weight is 476 g/mol. The first kappa shape index (κ1) is 21.1. The summed E-state index contributed by atoms with van der Waals surface area (Å²) in [7, 11) is -3.99. The second-order valence-electron chi connectivity index (χ2n) is 7.53. The molecule has 2 aromatic heterocycles. The first-order valence-corrected chi connectivity index (χ1v) is 11.9. The monoisotopic (exact) mass is 475 g/mol. The van der Waals surface area contributed by atoms with Gasteiger partial charge in [0.25, 0.3) is 0 Å². The number of nitrogens with zero attached hydrogens (tertiary/aromatic N) is 4. The summed E-state index contributed by atoms with van der Waals surface area (Å²) in [5, 5.41) is 4.99. The van der Waals surface area contributed by atoms with Gasteiger partial charge in [0.05, 0.1) is 22.1 Å². The molecule has 5 rings (SSSR count). The number of anilines is 1. The van der Waals surface area contributed by atoms with Gasteiger partial charge in [0.1, 0.15) is 16.2 Å². The molecule has 0 atom stereocenters. The Morgan fingerprint density at radius 2 is 1.67 bits per heavy atom. The minimum absolute atomic E-state index is 0.0702. The van der Waals surface area contributed by atoms with Gasteiger partial charge in [0, 0.05) is 5.02 Å². The van der Waals surface area contributed by atoms with Crippen LogP contribution in [-0.2, 0) is 9.84 Å². The first-order chi connectivity index (χ1) is 15.8. The molecule has 0 unspecified atom stereocenters. The Hall–Kier alpha value is -3.75. The third-order valence-electron chi connectivity index (χ3n) is 5.20. The van der Waals surface area contributed by atoms with E-state index in [4.69, 9.17) is 17.3 Å². The third kappa shape index (κ3) is 3.73. The van der Waals surface area contributed by atoms with Gasteiger partial charge in [-0.05, 0) is 48.9 Å². The van der Waals surface area contributed by atoms with Gasteiger partial charge >= 0.3 is 0 Å². The SMILES string of the molecule is Cc1ccc(S(=O)(=O)c2c(N)n(/N=C/c3cccc(Cl)c3)c3nc4ccccc4nc23)cc1. The number of fused-ring (bicyclic) bond motifs is 2. The van der Waals surface area contributed by atoms with Crippen molar-refractivity contribution in [2.24, 2.45) is 5.10 Å². The summed E-state index contributed by atoms with van der Waals surface area (Å²) in [5.74, 6) is -0.0702. The van der Waals surface area contributed by atoms with E-state index < -0.39 is 9.84 Å². The van der Waals surface area contributed by atoms with Gasteiger partial charge in [-0.25, -0.2) is 18.4 Å². The van der Waals surface area contributed by atoms with E-state index in [1.54, 1.807) is 60.8 Å². The lowest BCUT2D eigenvalue weighted by Gasteiger charge is -2.05. The van der Waals surface area contributed by atoms with Crippen LogP contribution < -0.4 is 5.73 Å². The number of benzene rings is 3. The Balaban J connectivity index is 1.79. The predicted molar refractivity (Wildman–Crippen MR) is 131 cm³/mol. The summed E-state index contributed by atoms with van der Waals surface area (Å²) < 4.78 is 28.5. The molecule has 5 aromatic rings. The number of aryl methyl sites for hydroxylation is 1. The third-order valence-corrected chi connectivity index (χ3v) is 7.27. The van der Waals surface area contributed by atoms with Crippen LogP contribution in [0.25, 0.3) is 22.2 Å². The smallest absolute Gasteiger partial charge is 0.212 e. The topological polar surface area (TPSA) is 103 Å². The number of sulfone groups is 1. The van der Waals surface area contributed by atoms with Crippen molar-refractivity contribution in [1.29, 1.82) is 0 Å². The van der Waals surface area contributed by atoms with Gasteiger partial charge in [-0.3, -0.25) is 0 Å². The Bertz CT molecular complexity index is 1660. The van der Waals surface area contributed by atoms with Crippen LogP contribution in [0, 0.1) is 6.92 Å². The quantitative estimate of drug-likeness (QED) is 0.374. The standard InChI is InChI=1S/C24H18ClN5O2S/c1-15-9-11-18(12-10-15)33(31,32)22-21-24(29-20-8-3-2-7-19(20)28-21)30(23(22)26)27-14-16-5-4-6-17(25)13-16/h2-14H,26H2,1H3/b27-14+. The van der Waals surface area contributed by atoms with E-state index in [9.17, 15) is 8.42 Å². The number of halogens is 1. The maximum Gasteiger partial charge on any atom is 0.212 e. The average Bonchev–Trinajstić information content (AvgIpc) is 3.07. The van der Waals surface area contributed by atoms with Crippen molar-refractivity contribution in [3.05, 3.63) is 88.9 Å². The highest BCUT2D eigenvalue weighted by Gasteiger charge is 2.30. The fourth-order valence-corrected chi connectivity index (χ4v) is 5.23. The van der Waals surface area contributed by atoms with Crippen molar-refractivity contribution < 1.29 is 8.42 Å². The Labute approximate surface area is 195 Å². The highest BCUT2D eigenvalue weighted by Crippen LogP contribution is 2.35. The Morgan fingerprint density at radius 3 is 2.36 bits per heavy atom. The number of nitrogen functional groups attached to an aromatic ring is 1. The first-order valence-electron chi connectivity index (χ1n) is 10.0. The van der Waals surface area contributed by atoms with E-state index in [1.807, 2.05) is 25.1 Å². The van der Waals surface area contributed by atoms with E-state index in [2.05, 4.69) is 15.1 Å². The van der Waals surface area contributed by atoms with Gasteiger partial charge in [0.2, 0.25) is 9.84 Å². The van der Waals surface area contributed by atoms with Crippen molar-refractivity contribution in [2.45, 2.75) is 16.7 Å². The number of hydrogen-bond acceptors (Lipinski definition) is 6. The predicted octanol–water partition coefficient (Wildman–Crippen LogP) is 4.84. The van der Waals surface area contributed by atoms with Crippen molar-refractivity contribution in [1.82, 2.24) is 14.6 Å². The zero-order valence-electron chi connectivity index (χ0n) is 17.5.